The zero-order chi connectivity index (χ0) is 12.1. The predicted molar refractivity (Wildman–Crippen MR) is 66.8 cm³/mol. The Kier molecular flexibility index (Phi) is 5.18. The first kappa shape index (κ1) is 13.4. The third-order valence-corrected chi connectivity index (χ3v) is 3.45. The highest BCUT2D eigenvalue weighted by molar-refractivity contribution is 7.99. The molecular weight excluding hydrogens is 222 g/mol. The highest BCUT2D eigenvalue weighted by Crippen LogP contribution is 2.17. The molecule has 0 fully saturated rings. The molecule has 1 rings (SSSR count). The van der Waals surface area contributed by atoms with Crippen LogP contribution in [-0.4, -0.2) is 35.5 Å². The molecule has 2 N–H and O–H groups in total. The molecule has 4 nitrogen and oxygen atoms in total. The number of methoxy groups -OCH3 is 1. The lowest BCUT2D eigenvalue weighted by atomic mass is 10.2. The summed E-state index contributed by atoms with van der Waals surface area (Å²) in [5, 5.41) is 0.798. The van der Waals surface area contributed by atoms with Gasteiger partial charge in [0.05, 0.1) is 6.61 Å². The Labute approximate surface area is 101 Å². The van der Waals surface area contributed by atoms with Gasteiger partial charge in [-0.2, -0.15) is 0 Å². The van der Waals surface area contributed by atoms with Gasteiger partial charge in [0.25, 0.3) is 0 Å². The summed E-state index contributed by atoms with van der Waals surface area (Å²) < 4.78 is 4.98. The second-order valence-corrected chi connectivity index (χ2v) is 4.82. The number of nitrogens with two attached hydrogens (primary N) is 1. The zero-order valence-electron chi connectivity index (χ0n) is 10.3. The van der Waals surface area contributed by atoms with Gasteiger partial charge in [-0.25, -0.2) is 9.97 Å². The molecule has 0 saturated carbocycles. The SMILES string of the molecule is COCC(N)CSc1nc(C)c(C)c(C)n1. The van der Waals surface area contributed by atoms with Gasteiger partial charge in [0, 0.05) is 30.3 Å². The van der Waals surface area contributed by atoms with E-state index in [2.05, 4.69) is 9.97 Å². The van der Waals surface area contributed by atoms with Crippen LogP contribution in [0.2, 0.25) is 0 Å². The Balaban J connectivity index is 2.61. The Morgan fingerprint density at radius 3 is 2.31 bits per heavy atom. The molecule has 0 aromatic carbocycles. The van der Waals surface area contributed by atoms with Crippen molar-refractivity contribution in [1.82, 2.24) is 9.97 Å². The number of hydrogen-bond donors (Lipinski definition) is 1. The van der Waals surface area contributed by atoms with Gasteiger partial charge in [0.15, 0.2) is 5.16 Å². The lowest BCUT2D eigenvalue weighted by molar-refractivity contribution is 0.186. The lowest BCUT2D eigenvalue weighted by Crippen LogP contribution is -2.28. The number of aryl methyl sites for hydroxylation is 2. The van der Waals surface area contributed by atoms with Gasteiger partial charge < -0.3 is 10.5 Å². The van der Waals surface area contributed by atoms with E-state index >= 15 is 0 Å². The smallest absolute Gasteiger partial charge is 0.188 e. The summed E-state index contributed by atoms with van der Waals surface area (Å²) in [4.78, 5) is 8.84. The van der Waals surface area contributed by atoms with Crippen LogP contribution in [0.15, 0.2) is 5.16 Å². The molecular formula is C11H19N3OS. The van der Waals surface area contributed by atoms with Crippen molar-refractivity contribution in [3.63, 3.8) is 0 Å². The fourth-order valence-electron chi connectivity index (χ4n) is 1.25. The molecule has 0 aliphatic heterocycles. The molecule has 0 aliphatic carbocycles. The highest BCUT2D eigenvalue weighted by atomic mass is 32.2. The van der Waals surface area contributed by atoms with Gasteiger partial charge in [0.1, 0.15) is 0 Å². The lowest BCUT2D eigenvalue weighted by Gasteiger charge is -2.10. The van der Waals surface area contributed by atoms with Crippen LogP contribution in [0, 0.1) is 20.8 Å². The van der Waals surface area contributed by atoms with Crippen molar-refractivity contribution in [3.05, 3.63) is 17.0 Å². The Bertz CT molecular complexity index is 334. The minimum Gasteiger partial charge on any atom is -0.383 e. The van der Waals surface area contributed by atoms with Crippen LogP contribution in [-0.2, 0) is 4.74 Å². The third kappa shape index (κ3) is 3.73. The van der Waals surface area contributed by atoms with E-state index in [4.69, 9.17) is 10.5 Å². The van der Waals surface area contributed by atoms with Gasteiger partial charge in [0.2, 0.25) is 0 Å². The monoisotopic (exact) mass is 241 g/mol. The van der Waals surface area contributed by atoms with Crippen LogP contribution < -0.4 is 5.73 Å². The fourth-order valence-corrected chi connectivity index (χ4v) is 2.11. The standard InChI is InChI=1S/C11H19N3OS/c1-7-8(2)13-11(14-9(7)3)16-6-10(12)5-15-4/h10H,5-6,12H2,1-4H3. The largest absolute Gasteiger partial charge is 0.383 e. The van der Waals surface area contributed by atoms with Gasteiger partial charge in [-0.1, -0.05) is 11.8 Å². The minimum absolute atomic E-state index is 0.0283. The van der Waals surface area contributed by atoms with Crippen LogP contribution >= 0.6 is 11.8 Å². The summed E-state index contributed by atoms with van der Waals surface area (Å²) in [5.74, 6) is 0.774. The first-order valence-electron chi connectivity index (χ1n) is 5.23. The highest BCUT2D eigenvalue weighted by Gasteiger charge is 2.07. The van der Waals surface area contributed by atoms with Crippen LogP contribution in [0.1, 0.15) is 17.0 Å². The Hall–Kier alpha value is -0.650. The van der Waals surface area contributed by atoms with E-state index in [1.54, 1.807) is 18.9 Å². The summed E-state index contributed by atoms with van der Waals surface area (Å²) in [6.45, 7) is 6.61. The molecule has 0 radical (unpaired) electrons. The van der Waals surface area contributed by atoms with E-state index in [0.717, 1.165) is 27.9 Å². The van der Waals surface area contributed by atoms with E-state index < -0.39 is 0 Å². The molecule has 0 bridgehead atoms. The van der Waals surface area contributed by atoms with Crippen molar-refractivity contribution in [2.24, 2.45) is 5.73 Å². The summed E-state index contributed by atoms with van der Waals surface area (Å²) in [6, 6.07) is 0.0283. The maximum absolute atomic E-state index is 5.84. The molecule has 0 spiro atoms. The van der Waals surface area contributed by atoms with Crippen molar-refractivity contribution in [2.75, 3.05) is 19.5 Å². The maximum atomic E-state index is 5.84. The summed E-state index contributed by atoms with van der Waals surface area (Å²) in [7, 11) is 1.65. The number of ether oxygens (including phenoxy) is 1. The van der Waals surface area contributed by atoms with Crippen molar-refractivity contribution in [3.8, 4) is 0 Å². The van der Waals surface area contributed by atoms with Gasteiger partial charge in [-0.15, -0.1) is 0 Å². The summed E-state index contributed by atoms with van der Waals surface area (Å²) in [5.41, 5.74) is 9.07. The van der Waals surface area contributed by atoms with E-state index in [1.807, 2.05) is 20.8 Å². The molecule has 16 heavy (non-hydrogen) atoms. The molecule has 0 amide bonds. The Morgan fingerprint density at radius 1 is 1.25 bits per heavy atom. The number of rotatable bonds is 5. The zero-order valence-corrected chi connectivity index (χ0v) is 11.1. The van der Waals surface area contributed by atoms with Gasteiger partial charge in [-0.05, 0) is 26.3 Å². The quantitative estimate of drug-likeness (QED) is 0.625. The van der Waals surface area contributed by atoms with Crippen LogP contribution in [0.3, 0.4) is 0 Å². The second kappa shape index (κ2) is 6.18. The van der Waals surface area contributed by atoms with E-state index in [9.17, 15) is 0 Å². The predicted octanol–water partition coefficient (Wildman–Crippen LogP) is 1.47. The molecule has 1 aromatic rings. The van der Waals surface area contributed by atoms with E-state index in [-0.39, 0.29) is 6.04 Å². The Morgan fingerprint density at radius 2 is 1.81 bits per heavy atom. The van der Waals surface area contributed by atoms with Gasteiger partial charge in [-0.3, -0.25) is 0 Å². The number of aromatic nitrogens is 2. The van der Waals surface area contributed by atoms with Crippen molar-refractivity contribution < 1.29 is 4.74 Å². The number of hydrogen-bond acceptors (Lipinski definition) is 5. The van der Waals surface area contributed by atoms with Crippen molar-refractivity contribution in [1.29, 1.82) is 0 Å². The van der Waals surface area contributed by atoms with E-state index in [0.29, 0.717) is 6.61 Å². The fraction of sp³-hybridized carbons (Fsp3) is 0.636. The van der Waals surface area contributed by atoms with Crippen LogP contribution in [0.4, 0.5) is 0 Å². The maximum Gasteiger partial charge on any atom is 0.188 e. The van der Waals surface area contributed by atoms with Crippen molar-refractivity contribution >= 4 is 11.8 Å². The minimum atomic E-state index is 0.0283. The normalized spacial score (nSPS) is 12.8. The first-order chi connectivity index (χ1) is 7.54. The molecule has 1 aromatic heterocycles. The number of thioether (sulfide) groups is 1. The van der Waals surface area contributed by atoms with Crippen LogP contribution in [0.25, 0.3) is 0 Å². The molecule has 1 atom stereocenters. The molecule has 1 unspecified atom stereocenters. The first-order valence-corrected chi connectivity index (χ1v) is 6.22. The summed E-state index contributed by atoms with van der Waals surface area (Å²) in [6.07, 6.45) is 0. The summed E-state index contributed by atoms with van der Waals surface area (Å²) >= 11 is 1.58. The van der Waals surface area contributed by atoms with Gasteiger partial charge >= 0.3 is 0 Å². The van der Waals surface area contributed by atoms with E-state index in [1.165, 1.54) is 0 Å². The molecule has 1 heterocycles. The topological polar surface area (TPSA) is 61.0 Å². The average molecular weight is 241 g/mol. The van der Waals surface area contributed by atoms with Crippen LogP contribution in [0.5, 0.6) is 0 Å². The molecule has 5 heteroatoms. The third-order valence-electron chi connectivity index (χ3n) is 2.42. The number of nitrogens with zero attached hydrogens (tertiary/aromatic N) is 2. The molecule has 0 aliphatic rings. The van der Waals surface area contributed by atoms with Crippen molar-refractivity contribution in [2.45, 2.75) is 32.0 Å². The second-order valence-electron chi connectivity index (χ2n) is 3.83. The molecule has 90 valence electrons. The molecule has 0 saturated heterocycles. The average Bonchev–Trinajstić information content (AvgIpc) is 2.23.